The van der Waals surface area contributed by atoms with E-state index in [-0.39, 0.29) is 17.3 Å². The molecule has 5 nitrogen and oxygen atoms in total. The Labute approximate surface area is 112 Å². The van der Waals surface area contributed by atoms with Crippen LogP contribution in [-0.2, 0) is 14.8 Å². The number of hydrogen-bond acceptors (Lipinski definition) is 3. The number of nitrogens with one attached hydrogen (secondary N) is 2. The van der Waals surface area contributed by atoms with Crippen molar-refractivity contribution in [3.05, 3.63) is 29.6 Å². The highest BCUT2D eigenvalue weighted by Gasteiger charge is 2.16. The Morgan fingerprint density at radius 3 is 2.63 bits per heavy atom. The number of carbonyl (C=O) groups is 1. The Morgan fingerprint density at radius 1 is 1.32 bits per heavy atom. The van der Waals surface area contributed by atoms with Crippen LogP contribution in [0.4, 0.5) is 4.39 Å². The van der Waals surface area contributed by atoms with Gasteiger partial charge in [-0.2, -0.15) is 0 Å². The smallest absolute Gasteiger partial charge is 0.240 e. The summed E-state index contributed by atoms with van der Waals surface area (Å²) in [6.45, 7) is 3.56. The maximum absolute atomic E-state index is 13.1. The zero-order chi connectivity index (χ0) is 14.5. The minimum atomic E-state index is -3.72. The van der Waals surface area contributed by atoms with Gasteiger partial charge in [0.25, 0.3) is 0 Å². The highest BCUT2D eigenvalue weighted by molar-refractivity contribution is 7.89. The standard InChI is InChI=1S/C12H17FN2O3S/c1-9-4-5-11(13)8-12(9)19(17,18)15-7-3-6-14-10(2)16/h4-5,8,15H,3,6-7H2,1-2H3,(H,14,16). The fourth-order valence-electron chi connectivity index (χ4n) is 1.50. The summed E-state index contributed by atoms with van der Waals surface area (Å²) in [5.74, 6) is -0.756. The van der Waals surface area contributed by atoms with E-state index in [0.717, 1.165) is 6.07 Å². The lowest BCUT2D eigenvalue weighted by Gasteiger charge is -2.09. The van der Waals surface area contributed by atoms with Crippen molar-refractivity contribution in [2.24, 2.45) is 0 Å². The summed E-state index contributed by atoms with van der Waals surface area (Å²) in [7, 11) is -3.72. The number of sulfonamides is 1. The first-order chi connectivity index (χ1) is 8.83. The molecule has 0 radical (unpaired) electrons. The van der Waals surface area contributed by atoms with Crippen LogP contribution in [0.1, 0.15) is 18.9 Å². The van der Waals surface area contributed by atoms with Gasteiger partial charge in [0.1, 0.15) is 5.82 Å². The average Bonchev–Trinajstić information content (AvgIpc) is 2.31. The summed E-state index contributed by atoms with van der Waals surface area (Å²) in [6.07, 6.45) is 0.465. The fraction of sp³-hybridized carbons (Fsp3) is 0.417. The summed E-state index contributed by atoms with van der Waals surface area (Å²) < 4.78 is 39.3. The van der Waals surface area contributed by atoms with E-state index >= 15 is 0 Å². The van der Waals surface area contributed by atoms with Crippen molar-refractivity contribution < 1.29 is 17.6 Å². The predicted molar refractivity (Wildman–Crippen MR) is 69.6 cm³/mol. The first-order valence-electron chi connectivity index (χ1n) is 5.83. The molecule has 0 fully saturated rings. The zero-order valence-corrected chi connectivity index (χ0v) is 11.7. The summed E-state index contributed by atoms with van der Waals surface area (Å²) in [5, 5.41) is 2.56. The summed E-state index contributed by atoms with van der Waals surface area (Å²) in [4.78, 5) is 10.6. The number of amides is 1. The van der Waals surface area contributed by atoms with Crippen molar-refractivity contribution in [1.82, 2.24) is 10.0 Å². The third-order valence-corrected chi connectivity index (χ3v) is 4.06. The lowest BCUT2D eigenvalue weighted by molar-refractivity contribution is -0.118. The molecular weight excluding hydrogens is 271 g/mol. The molecule has 0 aromatic heterocycles. The monoisotopic (exact) mass is 288 g/mol. The molecule has 0 aliphatic rings. The number of carbonyl (C=O) groups excluding carboxylic acids is 1. The predicted octanol–water partition coefficient (Wildman–Crippen LogP) is 0.939. The van der Waals surface area contributed by atoms with Crippen LogP contribution in [0.3, 0.4) is 0 Å². The summed E-state index contributed by atoms with van der Waals surface area (Å²) in [6, 6.07) is 3.62. The fourth-order valence-corrected chi connectivity index (χ4v) is 2.83. The van der Waals surface area contributed by atoms with Crippen molar-refractivity contribution >= 4 is 15.9 Å². The van der Waals surface area contributed by atoms with Gasteiger partial charge in [-0.3, -0.25) is 4.79 Å². The molecular formula is C12H17FN2O3S. The van der Waals surface area contributed by atoms with Crippen LogP contribution >= 0.6 is 0 Å². The molecule has 1 aromatic rings. The Kier molecular flexibility index (Phi) is 5.44. The van der Waals surface area contributed by atoms with Gasteiger partial charge in [-0.25, -0.2) is 17.5 Å². The minimum absolute atomic E-state index is 0.0629. The maximum Gasteiger partial charge on any atom is 0.240 e. The van der Waals surface area contributed by atoms with Crippen LogP contribution in [0.15, 0.2) is 23.1 Å². The maximum atomic E-state index is 13.1. The van der Waals surface area contributed by atoms with E-state index < -0.39 is 15.8 Å². The van der Waals surface area contributed by atoms with E-state index in [4.69, 9.17) is 0 Å². The van der Waals surface area contributed by atoms with E-state index in [0.29, 0.717) is 18.5 Å². The molecule has 0 saturated carbocycles. The molecule has 2 N–H and O–H groups in total. The largest absolute Gasteiger partial charge is 0.356 e. The van der Waals surface area contributed by atoms with Gasteiger partial charge in [0.05, 0.1) is 4.90 Å². The number of aryl methyl sites for hydroxylation is 1. The molecule has 0 saturated heterocycles. The second-order valence-electron chi connectivity index (χ2n) is 4.14. The topological polar surface area (TPSA) is 75.3 Å². The SMILES string of the molecule is CC(=O)NCCCNS(=O)(=O)c1cc(F)ccc1C. The van der Waals surface area contributed by atoms with Crippen molar-refractivity contribution in [3.8, 4) is 0 Å². The molecule has 19 heavy (non-hydrogen) atoms. The Morgan fingerprint density at radius 2 is 2.00 bits per heavy atom. The van der Waals surface area contributed by atoms with Crippen LogP contribution in [0, 0.1) is 12.7 Å². The third kappa shape index (κ3) is 4.96. The molecule has 1 aromatic carbocycles. The number of benzene rings is 1. The minimum Gasteiger partial charge on any atom is -0.356 e. The van der Waals surface area contributed by atoms with E-state index in [2.05, 4.69) is 10.0 Å². The van der Waals surface area contributed by atoms with Crippen LogP contribution in [-0.4, -0.2) is 27.4 Å². The van der Waals surface area contributed by atoms with Gasteiger partial charge in [-0.05, 0) is 31.0 Å². The van der Waals surface area contributed by atoms with Crippen LogP contribution in [0.2, 0.25) is 0 Å². The van der Waals surface area contributed by atoms with Gasteiger partial charge in [0.15, 0.2) is 0 Å². The molecule has 0 unspecified atom stereocenters. The van der Waals surface area contributed by atoms with Gasteiger partial charge in [0, 0.05) is 20.0 Å². The van der Waals surface area contributed by atoms with E-state index in [9.17, 15) is 17.6 Å². The van der Waals surface area contributed by atoms with Crippen molar-refractivity contribution in [2.45, 2.75) is 25.2 Å². The lowest BCUT2D eigenvalue weighted by atomic mass is 10.2. The van der Waals surface area contributed by atoms with Gasteiger partial charge in [-0.15, -0.1) is 0 Å². The molecule has 7 heteroatoms. The molecule has 0 bridgehead atoms. The van der Waals surface area contributed by atoms with Crippen LogP contribution in [0.25, 0.3) is 0 Å². The molecule has 0 aliphatic heterocycles. The summed E-state index contributed by atoms with van der Waals surface area (Å²) in [5.41, 5.74) is 0.482. The molecule has 0 atom stereocenters. The van der Waals surface area contributed by atoms with Crippen LogP contribution in [0.5, 0.6) is 0 Å². The van der Waals surface area contributed by atoms with Gasteiger partial charge in [-0.1, -0.05) is 6.07 Å². The molecule has 1 amide bonds. The quantitative estimate of drug-likeness (QED) is 0.765. The molecule has 0 aliphatic carbocycles. The van der Waals surface area contributed by atoms with Crippen molar-refractivity contribution in [3.63, 3.8) is 0 Å². The van der Waals surface area contributed by atoms with Crippen LogP contribution < -0.4 is 10.0 Å². The highest BCUT2D eigenvalue weighted by Crippen LogP contribution is 2.15. The van der Waals surface area contributed by atoms with Gasteiger partial charge < -0.3 is 5.32 Å². The molecule has 106 valence electrons. The highest BCUT2D eigenvalue weighted by atomic mass is 32.2. The second-order valence-corrected chi connectivity index (χ2v) is 5.88. The first-order valence-corrected chi connectivity index (χ1v) is 7.31. The van der Waals surface area contributed by atoms with E-state index in [1.807, 2.05) is 0 Å². The third-order valence-electron chi connectivity index (χ3n) is 2.46. The Hall–Kier alpha value is -1.47. The Balaban J connectivity index is 2.61. The van der Waals surface area contributed by atoms with E-state index in [1.54, 1.807) is 6.92 Å². The second kappa shape index (κ2) is 6.63. The molecule has 0 spiro atoms. The zero-order valence-electron chi connectivity index (χ0n) is 10.9. The first kappa shape index (κ1) is 15.6. The number of rotatable bonds is 6. The van der Waals surface area contributed by atoms with Gasteiger partial charge >= 0.3 is 0 Å². The number of halogens is 1. The molecule has 1 rings (SSSR count). The van der Waals surface area contributed by atoms with Gasteiger partial charge in [0.2, 0.25) is 15.9 Å². The summed E-state index contributed by atoms with van der Waals surface area (Å²) >= 11 is 0. The molecule has 0 heterocycles. The average molecular weight is 288 g/mol. The van der Waals surface area contributed by atoms with Crippen molar-refractivity contribution in [1.29, 1.82) is 0 Å². The van der Waals surface area contributed by atoms with Crippen molar-refractivity contribution in [2.75, 3.05) is 13.1 Å². The lowest BCUT2D eigenvalue weighted by Crippen LogP contribution is -2.29. The number of hydrogen-bond donors (Lipinski definition) is 2. The Bertz CT molecular complexity index is 558. The normalized spacial score (nSPS) is 11.3. The van der Waals surface area contributed by atoms with E-state index in [1.165, 1.54) is 19.1 Å².